The first kappa shape index (κ1) is 21.5. The molecule has 1 unspecified atom stereocenters. The van der Waals surface area contributed by atoms with Gasteiger partial charge in [0.2, 0.25) is 11.8 Å². The summed E-state index contributed by atoms with van der Waals surface area (Å²) in [7, 11) is -3.88. The molecular formula is C19H22ClN3O5S2. The van der Waals surface area contributed by atoms with Gasteiger partial charge in [0.1, 0.15) is 16.3 Å². The van der Waals surface area contributed by atoms with Crippen LogP contribution in [0.15, 0.2) is 28.5 Å². The zero-order chi connectivity index (χ0) is 21.5. The topological polar surface area (TPSA) is 96.0 Å². The number of hydrogen-bond acceptors (Lipinski definition) is 6. The Kier molecular flexibility index (Phi) is 6.04. The molecule has 2 fully saturated rings. The highest BCUT2D eigenvalue weighted by Crippen LogP contribution is 2.31. The number of hydrogen-bond donors (Lipinski definition) is 1. The van der Waals surface area contributed by atoms with E-state index in [4.69, 9.17) is 16.3 Å². The van der Waals surface area contributed by atoms with Crippen LogP contribution in [0, 0.1) is 0 Å². The highest BCUT2D eigenvalue weighted by atomic mass is 35.5. The highest BCUT2D eigenvalue weighted by Gasteiger charge is 2.40. The predicted molar refractivity (Wildman–Crippen MR) is 114 cm³/mol. The zero-order valence-corrected chi connectivity index (χ0v) is 18.7. The van der Waals surface area contributed by atoms with Gasteiger partial charge in [-0.2, -0.15) is 4.72 Å². The molecule has 2 aliphatic heterocycles. The van der Waals surface area contributed by atoms with Gasteiger partial charge < -0.3 is 14.5 Å². The standard InChI is InChI=1S/C19H22ClN3O5S2/c1-12(18(24)22-6-8-28-9-7-22)23-5-4-15(19(23)25)21-30(26,27)17-11-13-10-14(20)2-3-16(13)29-17/h2-3,10-12,15,21H,4-9H2,1H3/t12-,15?/m0/s1. The first-order valence-corrected chi connectivity index (χ1v) is 12.3. The van der Waals surface area contributed by atoms with Gasteiger partial charge in [0.15, 0.2) is 0 Å². The minimum atomic E-state index is -3.88. The SMILES string of the molecule is C[C@@H](C(=O)N1CCOCC1)N1CCC(NS(=O)(=O)c2cc3cc(Cl)ccc3s2)C1=O. The third-order valence-corrected chi connectivity index (χ3v) is 8.70. The predicted octanol–water partition coefficient (Wildman–Crippen LogP) is 1.68. The third-order valence-electron chi connectivity index (χ3n) is 5.41. The minimum Gasteiger partial charge on any atom is -0.378 e. The molecular weight excluding hydrogens is 450 g/mol. The molecule has 0 saturated carbocycles. The Bertz CT molecular complexity index is 1080. The normalized spacial score (nSPS) is 21.4. The van der Waals surface area contributed by atoms with Gasteiger partial charge in [0.25, 0.3) is 10.0 Å². The number of carbonyl (C=O) groups excluding carboxylic acids is 2. The summed E-state index contributed by atoms with van der Waals surface area (Å²) < 4.78 is 34.4. The molecule has 0 aliphatic carbocycles. The van der Waals surface area contributed by atoms with Gasteiger partial charge in [-0.1, -0.05) is 11.6 Å². The van der Waals surface area contributed by atoms with Gasteiger partial charge in [0.05, 0.1) is 13.2 Å². The maximum Gasteiger partial charge on any atom is 0.250 e. The van der Waals surface area contributed by atoms with Crippen molar-refractivity contribution in [3.05, 3.63) is 29.3 Å². The van der Waals surface area contributed by atoms with E-state index < -0.39 is 22.1 Å². The van der Waals surface area contributed by atoms with Crippen LogP contribution in [0.4, 0.5) is 0 Å². The van der Waals surface area contributed by atoms with E-state index in [1.54, 1.807) is 36.1 Å². The number of carbonyl (C=O) groups is 2. The Morgan fingerprint density at radius 1 is 1.27 bits per heavy atom. The summed E-state index contributed by atoms with van der Waals surface area (Å²) >= 11 is 7.10. The van der Waals surface area contributed by atoms with Crippen LogP contribution in [-0.2, 0) is 24.3 Å². The number of sulfonamides is 1. The van der Waals surface area contributed by atoms with Gasteiger partial charge in [0, 0.05) is 29.4 Å². The number of benzene rings is 1. The molecule has 0 radical (unpaired) electrons. The van der Waals surface area contributed by atoms with Crippen LogP contribution in [0.2, 0.25) is 5.02 Å². The van der Waals surface area contributed by atoms with Crippen molar-refractivity contribution in [1.29, 1.82) is 0 Å². The Morgan fingerprint density at radius 3 is 2.73 bits per heavy atom. The molecule has 11 heteroatoms. The number of nitrogens with one attached hydrogen (secondary N) is 1. The Morgan fingerprint density at radius 2 is 2.00 bits per heavy atom. The lowest BCUT2D eigenvalue weighted by atomic mass is 10.2. The third kappa shape index (κ3) is 4.19. The van der Waals surface area contributed by atoms with Crippen molar-refractivity contribution in [2.24, 2.45) is 0 Å². The number of morpholine rings is 1. The summed E-state index contributed by atoms with van der Waals surface area (Å²) in [6, 6.07) is 5.20. The second-order valence-corrected chi connectivity index (χ2v) is 10.8. The summed E-state index contributed by atoms with van der Waals surface area (Å²) in [6.07, 6.45) is 0.315. The molecule has 2 atom stereocenters. The lowest BCUT2D eigenvalue weighted by molar-refractivity contribution is -0.146. The van der Waals surface area contributed by atoms with E-state index in [1.165, 1.54) is 4.90 Å². The first-order chi connectivity index (χ1) is 14.3. The molecule has 1 N–H and O–H groups in total. The molecule has 2 aromatic rings. The Hall–Kier alpha value is -1.72. The smallest absolute Gasteiger partial charge is 0.250 e. The average molecular weight is 472 g/mol. The fourth-order valence-electron chi connectivity index (χ4n) is 3.74. The second-order valence-electron chi connectivity index (χ2n) is 7.36. The van der Waals surface area contributed by atoms with Crippen LogP contribution in [0.1, 0.15) is 13.3 Å². The first-order valence-electron chi connectivity index (χ1n) is 9.65. The van der Waals surface area contributed by atoms with E-state index in [0.717, 1.165) is 21.4 Å². The lowest BCUT2D eigenvalue weighted by Crippen LogP contribution is -2.52. The van der Waals surface area contributed by atoms with Crippen molar-refractivity contribution in [1.82, 2.24) is 14.5 Å². The largest absolute Gasteiger partial charge is 0.378 e. The molecule has 3 heterocycles. The van der Waals surface area contributed by atoms with Crippen molar-refractivity contribution in [3.8, 4) is 0 Å². The van der Waals surface area contributed by atoms with Crippen LogP contribution in [0.5, 0.6) is 0 Å². The van der Waals surface area contributed by atoms with Gasteiger partial charge in [-0.3, -0.25) is 9.59 Å². The average Bonchev–Trinajstić information content (AvgIpc) is 3.31. The van der Waals surface area contributed by atoms with E-state index in [9.17, 15) is 18.0 Å². The number of amides is 2. The van der Waals surface area contributed by atoms with E-state index in [1.807, 2.05) is 0 Å². The quantitative estimate of drug-likeness (QED) is 0.715. The molecule has 0 spiro atoms. The number of thiophene rings is 1. The summed E-state index contributed by atoms with van der Waals surface area (Å²) in [5.41, 5.74) is 0. The van der Waals surface area contributed by atoms with Crippen LogP contribution in [-0.4, -0.2) is 75.0 Å². The number of nitrogens with zero attached hydrogens (tertiary/aromatic N) is 2. The number of halogens is 1. The van der Waals surface area contributed by atoms with Crippen LogP contribution >= 0.6 is 22.9 Å². The maximum atomic E-state index is 12.9. The summed E-state index contributed by atoms with van der Waals surface area (Å²) in [6.45, 7) is 3.96. The zero-order valence-electron chi connectivity index (χ0n) is 16.3. The van der Waals surface area contributed by atoms with Gasteiger partial charge in [-0.15, -0.1) is 11.3 Å². The van der Waals surface area contributed by atoms with E-state index in [0.29, 0.717) is 44.3 Å². The molecule has 30 heavy (non-hydrogen) atoms. The number of ether oxygens (including phenoxy) is 1. The van der Waals surface area contributed by atoms with Crippen LogP contribution < -0.4 is 4.72 Å². The van der Waals surface area contributed by atoms with Gasteiger partial charge in [-0.05, 0) is 43.0 Å². The van der Waals surface area contributed by atoms with Gasteiger partial charge >= 0.3 is 0 Å². The fourth-order valence-corrected chi connectivity index (χ4v) is 6.54. The fraction of sp³-hybridized carbons (Fsp3) is 0.474. The summed E-state index contributed by atoms with van der Waals surface area (Å²) in [4.78, 5) is 28.7. The molecule has 1 aromatic carbocycles. The maximum absolute atomic E-state index is 12.9. The number of likely N-dealkylation sites (tertiary alicyclic amines) is 1. The van der Waals surface area contributed by atoms with Crippen molar-refractivity contribution in [2.75, 3.05) is 32.8 Å². The van der Waals surface area contributed by atoms with E-state index >= 15 is 0 Å². The molecule has 2 aliphatic rings. The summed E-state index contributed by atoms with van der Waals surface area (Å²) in [5, 5.41) is 1.26. The highest BCUT2D eigenvalue weighted by molar-refractivity contribution is 7.91. The van der Waals surface area contributed by atoms with Crippen molar-refractivity contribution >= 4 is 54.9 Å². The van der Waals surface area contributed by atoms with Crippen molar-refractivity contribution in [3.63, 3.8) is 0 Å². The monoisotopic (exact) mass is 471 g/mol. The molecule has 2 saturated heterocycles. The van der Waals surface area contributed by atoms with Crippen molar-refractivity contribution < 1.29 is 22.7 Å². The number of rotatable bonds is 5. The number of fused-ring (bicyclic) bond motifs is 1. The summed E-state index contributed by atoms with van der Waals surface area (Å²) in [5.74, 6) is -0.520. The lowest BCUT2D eigenvalue weighted by Gasteiger charge is -2.32. The molecule has 8 nitrogen and oxygen atoms in total. The van der Waals surface area contributed by atoms with E-state index in [2.05, 4.69) is 4.72 Å². The molecule has 0 bridgehead atoms. The Labute approximate surface area is 183 Å². The van der Waals surface area contributed by atoms with Gasteiger partial charge in [-0.25, -0.2) is 8.42 Å². The molecule has 2 amide bonds. The van der Waals surface area contributed by atoms with E-state index in [-0.39, 0.29) is 16.0 Å². The minimum absolute atomic E-state index is 0.128. The second kappa shape index (κ2) is 8.43. The molecule has 162 valence electrons. The Balaban J connectivity index is 1.45. The molecule has 1 aromatic heterocycles. The van der Waals surface area contributed by atoms with Crippen LogP contribution in [0.3, 0.4) is 0 Å². The molecule has 4 rings (SSSR count). The van der Waals surface area contributed by atoms with Crippen molar-refractivity contribution in [2.45, 2.75) is 29.6 Å². The van der Waals surface area contributed by atoms with Crippen LogP contribution in [0.25, 0.3) is 10.1 Å².